The minimum atomic E-state index is -0.668. The van der Waals surface area contributed by atoms with Crippen LogP contribution in [0, 0.1) is 5.82 Å². The smallest absolute Gasteiger partial charge is 0.259 e. The van der Waals surface area contributed by atoms with Crippen molar-refractivity contribution in [1.29, 1.82) is 0 Å². The maximum Gasteiger partial charge on any atom is 0.259 e. The van der Waals surface area contributed by atoms with Crippen LogP contribution in [0.4, 0.5) is 15.8 Å². The molecule has 2 aromatic rings. The van der Waals surface area contributed by atoms with Crippen molar-refractivity contribution in [3.05, 3.63) is 53.8 Å². The Morgan fingerprint density at radius 3 is 2.38 bits per heavy atom. The lowest BCUT2D eigenvalue weighted by molar-refractivity contribution is -0.120. The van der Waals surface area contributed by atoms with Gasteiger partial charge in [-0.25, -0.2) is 4.39 Å². The van der Waals surface area contributed by atoms with Gasteiger partial charge >= 0.3 is 0 Å². The summed E-state index contributed by atoms with van der Waals surface area (Å²) in [7, 11) is 1.55. The second-order valence-electron chi connectivity index (χ2n) is 6.04. The van der Waals surface area contributed by atoms with Crippen LogP contribution in [-0.4, -0.2) is 31.5 Å². The summed E-state index contributed by atoms with van der Waals surface area (Å²) in [6.45, 7) is 4.16. The molecule has 2 aromatic carbocycles. The monoisotopic (exact) mass is 356 g/mol. The van der Waals surface area contributed by atoms with E-state index in [9.17, 15) is 14.0 Å². The van der Waals surface area contributed by atoms with E-state index in [2.05, 4.69) is 0 Å². The van der Waals surface area contributed by atoms with Crippen LogP contribution in [0.15, 0.2) is 42.5 Å². The van der Waals surface area contributed by atoms with Gasteiger partial charge in [0.1, 0.15) is 17.6 Å². The third-order valence-corrected chi connectivity index (χ3v) is 4.61. The van der Waals surface area contributed by atoms with E-state index in [4.69, 9.17) is 4.74 Å². The zero-order chi connectivity index (χ0) is 18.8. The second kappa shape index (κ2) is 7.15. The first-order chi connectivity index (χ1) is 12.5. The highest BCUT2D eigenvalue weighted by atomic mass is 19.1. The van der Waals surface area contributed by atoms with Gasteiger partial charge in [-0.15, -0.1) is 0 Å². The van der Waals surface area contributed by atoms with Crippen LogP contribution in [0.2, 0.25) is 0 Å². The molecular weight excluding hydrogens is 335 g/mol. The van der Waals surface area contributed by atoms with Gasteiger partial charge in [-0.1, -0.05) is 6.92 Å². The van der Waals surface area contributed by atoms with Crippen LogP contribution in [0.25, 0.3) is 0 Å². The van der Waals surface area contributed by atoms with E-state index in [1.54, 1.807) is 42.3 Å². The third-order valence-electron chi connectivity index (χ3n) is 4.61. The highest BCUT2D eigenvalue weighted by Gasteiger charge is 2.40. The number of hydrogen-bond donors (Lipinski definition) is 0. The van der Waals surface area contributed by atoms with Gasteiger partial charge in [0.25, 0.3) is 5.91 Å². The van der Waals surface area contributed by atoms with E-state index in [1.165, 1.54) is 17.0 Å². The van der Waals surface area contributed by atoms with Crippen LogP contribution in [-0.2, 0) is 4.79 Å². The normalized spacial score (nSPS) is 16.5. The van der Waals surface area contributed by atoms with Gasteiger partial charge in [-0.2, -0.15) is 0 Å². The molecule has 1 aliphatic heterocycles. The molecule has 0 fully saturated rings. The lowest BCUT2D eigenvalue weighted by atomic mass is 10.0. The first-order valence-electron chi connectivity index (χ1n) is 8.60. The summed E-state index contributed by atoms with van der Waals surface area (Å²) < 4.78 is 19.1. The van der Waals surface area contributed by atoms with Crippen molar-refractivity contribution in [2.45, 2.75) is 26.3 Å². The summed E-state index contributed by atoms with van der Waals surface area (Å²) >= 11 is 0. The van der Waals surface area contributed by atoms with Gasteiger partial charge in [0.15, 0.2) is 0 Å². The van der Waals surface area contributed by atoms with Crippen LogP contribution in [0.5, 0.6) is 5.75 Å². The first kappa shape index (κ1) is 17.9. The number of ether oxygens (including phenoxy) is 1. The van der Waals surface area contributed by atoms with E-state index in [0.717, 1.165) is 0 Å². The van der Waals surface area contributed by atoms with Gasteiger partial charge in [-0.05, 0) is 55.8 Å². The molecule has 1 aliphatic rings. The number of nitrogens with zero attached hydrogens (tertiary/aromatic N) is 2. The molecule has 0 spiro atoms. The van der Waals surface area contributed by atoms with E-state index in [0.29, 0.717) is 35.7 Å². The first-order valence-corrected chi connectivity index (χ1v) is 8.60. The Hall–Kier alpha value is -2.89. The molecule has 0 aliphatic carbocycles. The molecule has 5 nitrogen and oxygen atoms in total. The zero-order valence-corrected chi connectivity index (χ0v) is 15.0. The molecule has 0 aromatic heterocycles. The molecule has 2 amide bonds. The lowest BCUT2D eigenvalue weighted by Crippen LogP contribution is -2.55. The number of methoxy groups -OCH3 is 1. The number of halogens is 1. The fraction of sp³-hybridized carbons (Fsp3) is 0.300. The number of hydrogen-bond acceptors (Lipinski definition) is 3. The van der Waals surface area contributed by atoms with Gasteiger partial charge in [0.2, 0.25) is 5.91 Å². The summed E-state index contributed by atoms with van der Waals surface area (Å²) in [6, 6.07) is 10.2. The maximum absolute atomic E-state index is 13.9. The van der Waals surface area contributed by atoms with Crippen molar-refractivity contribution in [2.24, 2.45) is 0 Å². The fourth-order valence-electron chi connectivity index (χ4n) is 3.30. The molecule has 3 rings (SSSR count). The Morgan fingerprint density at radius 2 is 1.81 bits per heavy atom. The van der Waals surface area contributed by atoms with Crippen LogP contribution >= 0.6 is 0 Å². The van der Waals surface area contributed by atoms with E-state index < -0.39 is 11.9 Å². The Balaban J connectivity index is 2.12. The number of rotatable bonds is 4. The minimum Gasteiger partial charge on any atom is -0.497 e. The molecule has 0 saturated heterocycles. The van der Waals surface area contributed by atoms with E-state index in [1.807, 2.05) is 13.8 Å². The maximum atomic E-state index is 13.9. The molecule has 26 heavy (non-hydrogen) atoms. The van der Waals surface area contributed by atoms with Crippen molar-refractivity contribution < 1.29 is 18.7 Å². The van der Waals surface area contributed by atoms with Crippen molar-refractivity contribution in [3.63, 3.8) is 0 Å². The number of benzene rings is 2. The van der Waals surface area contributed by atoms with E-state index >= 15 is 0 Å². The van der Waals surface area contributed by atoms with Gasteiger partial charge in [0.05, 0.1) is 18.5 Å². The summed E-state index contributed by atoms with van der Waals surface area (Å²) in [5, 5.41) is 0. The molecule has 136 valence electrons. The molecule has 0 bridgehead atoms. The van der Waals surface area contributed by atoms with Crippen LogP contribution in [0.3, 0.4) is 0 Å². The number of amides is 2. The van der Waals surface area contributed by atoms with Gasteiger partial charge < -0.3 is 9.64 Å². The van der Waals surface area contributed by atoms with Gasteiger partial charge in [0, 0.05) is 12.1 Å². The van der Waals surface area contributed by atoms with Crippen LogP contribution < -0.4 is 14.5 Å². The van der Waals surface area contributed by atoms with Crippen molar-refractivity contribution in [2.75, 3.05) is 23.5 Å². The van der Waals surface area contributed by atoms with Gasteiger partial charge in [-0.3, -0.25) is 14.5 Å². The Bertz CT molecular complexity index is 835. The Labute approximate surface area is 152 Å². The zero-order valence-electron chi connectivity index (χ0n) is 15.0. The molecule has 6 heteroatoms. The molecule has 0 N–H and O–H groups in total. The predicted octanol–water partition coefficient (Wildman–Crippen LogP) is 3.63. The largest absolute Gasteiger partial charge is 0.497 e. The highest BCUT2D eigenvalue weighted by Crippen LogP contribution is 2.38. The number of carbonyl (C=O) groups is 2. The quantitative estimate of drug-likeness (QED) is 0.841. The fourth-order valence-corrected chi connectivity index (χ4v) is 3.30. The number of fused-ring (bicyclic) bond motifs is 1. The molecule has 1 atom stereocenters. The standard InChI is InChI=1S/C20H21FN2O3/c1-4-16-20(25)22(5-2)17-11-8-14(21)12-18(17)23(16)19(24)13-6-9-15(26-3)10-7-13/h6-12,16H,4-5H2,1-3H3/t16-/m1/s1. The third kappa shape index (κ3) is 2.92. The Kier molecular flexibility index (Phi) is 4.93. The molecule has 0 saturated carbocycles. The lowest BCUT2D eigenvalue weighted by Gasteiger charge is -2.41. The highest BCUT2D eigenvalue weighted by molar-refractivity contribution is 6.17. The molecular formula is C20H21FN2O3. The second-order valence-corrected chi connectivity index (χ2v) is 6.04. The molecule has 1 heterocycles. The summed E-state index contributed by atoms with van der Waals surface area (Å²) in [5.41, 5.74) is 1.38. The average molecular weight is 356 g/mol. The van der Waals surface area contributed by atoms with Crippen molar-refractivity contribution in [1.82, 2.24) is 0 Å². The summed E-state index contributed by atoms with van der Waals surface area (Å²) in [6.07, 6.45) is 0.438. The van der Waals surface area contributed by atoms with Crippen molar-refractivity contribution >= 4 is 23.2 Å². The summed E-state index contributed by atoms with van der Waals surface area (Å²) in [5.74, 6) is -0.310. The van der Waals surface area contributed by atoms with Crippen molar-refractivity contribution in [3.8, 4) is 5.75 Å². The topological polar surface area (TPSA) is 49.9 Å². The SMILES string of the molecule is CC[C@@H]1C(=O)N(CC)c2ccc(F)cc2N1C(=O)c1ccc(OC)cc1. The number of anilines is 2. The average Bonchev–Trinajstić information content (AvgIpc) is 2.66. The molecule has 0 unspecified atom stereocenters. The number of likely N-dealkylation sites (N-methyl/N-ethyl adjacent to an activating group) is 1. The predicted molar refractivity (Wildman–Crippen MR) is 98.3 cm³/mol. The number of carbonyl (C=O) groups excluding carboxylic acids is 2. The van der Waals surface area contributed by atoms with E-state index in [-0.39, 0.29) is 11.8 Å². The Morgan fingerprint density at radius 1 is 1.12 bits per heavy atom. The molecule has 0 radical (unpaired) electrons. The summed E-state index contributed by atoms with van der Waals surface area (Å²) in [4.78, 5) is 29.1. The minimum absolute atomic E-state index is 0.157. The van der Waals surface area contributed by atoms with Crippen LogP contribution in [0.1, 0.15) is 30.6 Å².